The van der Waals surface area contributed by atoms with E-state index in [2.05, 4.69) is 15.5 Å². The van der Waals surface area contributed by atoms with E-state index in [1.54, 1.807) is 6.26 Å². The molecule has 0 unspecified atom stereocenters. The van der Waals surface area contributed by atoms with Crippen LogP contribution < -0.4 is 5.32 Å². The van der Waals surface area contributed by atoms with Crippen molar-refractivity contribution in [2.45, 2.75) is 43.8 Å². The van der Waals surface area contributed by atoms with Gasteiger partial charge in [0.2, 0.25) is 11.7 Å². The molecule has 0 spiro atoms. The lowest BCUT2D eigenvalue weighted by Crippen LogP contribution is -2.33. The summed E-state index contributed by atoms with van der Waals surface area (Å²) in [6.07, 6.45) is 6.18. The quantitative estimate of drug-likeness (QED) is 0.653. The zero-order chi connectivity index (χ0) is 18.6. The Hall–Kier alpha value is -2.54. The van der Waals surface area contributed by atoms with Gasteiger partial charge in [-0.25, -0.2) is 0 Å². The standard InChI is InChI=1S/C20H22N4O2S/c1-14-8-10-16(11-9-14)24-19(17-7-4-12-26-17)22-23-20(24)27-13-18(25)21-15-5-2-3-6-15/h4,7-12,15H,2-3,5-6,13H2,1H3,(H,21,25). The third-order valence-electron chi connectivity index (χ3n) is 4.72. The van der Waals surface area contributed by atoms with E-state index in [1.807, 2.05) is 47.9 Å². The Morgan fingerprint density at radius 3 is 2.70 bits per heavy atom. The number of nitrogens with one attached hydrogen (secondary N) is 1. The highest BCUT2D eigenvalue weighted by Crippen LogP contribution is 2.28. The molecular weight excluding hydrogens is 360 g/mol. The molecule has 0 atom stereocenters. The molecule has 3 aromatic rings. The number of amides is 1. The lowest BCUT2D eigenvalue weighted by Gasteiger charge is -2.12. The highest BCUT2D eigenvalue weighted by atomic mass is 32.2. The summed E-state index contributed by atoms with van der Waals surface area (Å²) in [6.45, 7) is 2.05. The second-order valence-electron chi connectivity index (χ2n) is 6.79. The fourth-order valence-electron chi connectivity index (χ4n) is 3.32. The van der Waals surface area contributed by atoms with E-state index in [0.717, 1.165) is 18.5 Å². The molecule has 1 aliphatic carbocycles. The monoisotopic (exact) mass is 382 g/mol. The number of furan rings is 1. The fourth-order valence-corrected chi connectivity index (χ4v) is 4.09. The van der Waals surface area contributed by atoms with Gasteiger partial charge < -0.3 is 9.73 Å². The van der Waals surface area contributed by atoms with Gasteiger partial charge in [0.15, 0.2) is 10.9 Å². The molecule has 1 fully saturated rings. The normalized spacial score (nSPS) is 14.6. The predicted octanol–water partition coefficient (Wildman–Crippen LogP) is 3.99. The Morgan fingerprint density at radius 2 is 2.00 bits per heavy atom. The van der Waals surface area contributed by atoms with Crippen LogP contribution in [0.15, 0.2) is 52.2 Å². The summed E-state index contributed by atoms with van der Waals surface area (Å²) in [4.78, 5) is 12.3. The maximum atomic E-state index is 12.3. The maximum Gasteiger partial charge on any atom is 0.230 e. The van der Waals surface area contributed by atoms with Crippen molar-refractivity contribution in [3.8, 4) is 17.3 Å². The van der Waals surface area contributed by atoms with Crippen LogP contribution in [0.4, 0.5) is 0 Å². The molecule has 140 valence electrons. The molecule has 1 saturated carbocycles. The average molecular weight is 382 g/mol. The third kappa shape index (κ3) is 4.08. The molecule has 27 heavy (non-hydrogen) atoms. The van der Waals surface area contributed by atoms with E-state index in [4.69, 9.17) is 4.42 Å². The van der Waals surface area contributed by atoms with E-state index < -0.39 is 0 Å². The Labute approximate surface area is 162 Å². The van der Waals surface area contributed by atoms with Crippen molar-refractivity contribution in [1.82, 2.24) is 20.1 Å². The first-order valence-electron chi connectivity index (χ1n) is 9.19. The first-order valence-corrected chi connectivity index (χ1v) is 10.2. The van der Waals surface area contributed by atoms with Crippen LogP contribution in [0.1, 0.15) is 31.2 Å². The molecule has 2 heterocycles. The third-order valence-corrected chi connectivity index (χ3v) is 5.65. The van der Waals surface area contributed by atoms with Crippen LogP contribution in [0, 0.1) is 6.92 Å². The number of aromatic nitrogens is 3. The summed E-state index contributed by atoms with van der Waals surface area (Å²) in [5.74, 6) is 1.64. The number of aryl methyl sites for hydroxylation is 1. The maximum absolute atomic E-state index is 12.3. The molecule has 0 aliphatic heterocycles. The van der Waals surface area contributed by atoms with E-state index in [0.29, 0.717) is 28.5 Å². The molecule has 1 N–H and O–H groups in total. The highest BCUT2D eigenvalue weighted by Gasteiger charge is 2.20. The number of thioether (sulfide) groups is 1. The van der Waals surface area contributed by atoms with Gasteiger partial charge in [0.1, 0.15) is 0 Å². The van der Waals surface area contributed by atoms with Gasteiger partial charge in [0, 0.05) is 11.7 Å². The van der Waals surface area contributed by atoms with Gasteiger partial charge in [-0.3, -0.25) is 9.36 Å². The van der Waals surface area contributed by atoms with Crippen molar-refractivity contribution in [3.05, 3.63) is 48.2 Å². The minimum absolute atomic E-state index is 0.0462. The minimum atomic E-state index is 0.0462. The fraction of sp³-hybridized carbons (Fsp3) is 0.350. The summed E-state index contributed by atoms with van der Waals surface area (Å²) in [5.41, 5.74) is 2.12. The Morgan fingerprint density at radius 1 is 1.22 bits per heavy atom. The van der Waals surface area contributed by atoms with Crippen LogP contribution in [0.3, 0.4) is 0 Å². The van der Waals surface area contributed by atoms with Crippen molar-refractivity contribution in [3.63, 3.8) is 0 Å². The second-order valence-corrected chi connectivity index (χ2v) is 7.73. The average Bonchev–Trinajstić information content (AvgIpc) is 3.42. The van der Waals surface area contributed by atoms with E-state index in [9.17, 15) is 4.79 Å². The number of carbonyl (C=O) groups is 1. The topological polar surface area (TPSA) is 73.0 Å². The number of nitrogens with zero attached hydrogens (tertiary/aromatic N) is 3. The Balaban J connectivity index is 1.56. The van der Waals surface area contributed by atoms with Gasteiger partial charge in [-0.2, -0.15) is 0 Å². The molecule has 1 aromatic carbocycles. The number of carbonyl (C=O) groups excluding carboxylic acids is 1. The van der Waals surface area contributed by atoms with Crippen LogP contribution >= 0.6 is 11.8 Å². The van der Waals surface area contributed by atoms with Crippen LogP contribution in [-0.2, 0) is 4.79 Å². The molecule has 4 rings (SSSR count). The second kappa shape index (κ2) is 8.00. The molecule has 0 radical (unpaired) electrons. The largest absolute Gasteiger partial charge is 0.461 e. The van der Waals surface area contributed by atoms with Crippen LogP contribution in [-0.4, -0.2) is 32.5 Å². The zero-order valence-corrected chi connectivity index (χ0v) is 16.0. The van der Waals surface area contributed by atoms with Crippen LogP contribution in [0.25, 0.3) is 17.3 Å². The minimum Gasteiger partial charge on any atom is -0.461 e. The zero-order valence-electron chi connectivity index (χ0n) is 15.2. The molecule has 1 aliphatic rings. The Kier molecular flexibility index (Phi) is 5.29. The highest BCUT2D eigenvalue weighted by molar-refractivity contribution is 7.99. The van der Waals surface area contributed by atoms with Crippen molar-refractivity contribution in [2.75, 3.05) is 5.75 Å². The van der Waals surface area contributed by atoms with Gasteiger partial charge in [-0.1, -0.05) is 42.3 Å². The van der Waals surface area contributed by atoms with E-state index in [-0.39, 0.29) is 5.91 Å². The Bertz CT molecular complexity index is 897. The molecule has 1 amide bonds. The molecule has 2 aromatic heterocycles. The number of hydrogen-bond acceptors (Lipinski definition) is 5. The van der Waals surface area contributed by atoms with Gasteiger partial charge in [-0.05, 0) is 44.0 Å². The van der Waals surface area contributed by atoms with E-state index >= 15 is 0 Å². The SMILES string of the molecule is Cc1ccc(-n2c(SCC(=O)NC3CCCC3)nnc2-c2ccco2)cc1. The van der Waals surface area contributed by atoms with Gasteiger partial charge in [0.25, 0.3) is 0 Å². The summed E-state index contributed by atoms with van der Waals surface area (Å²) in [6, 6.07) is 12.1. The molecule has 0 saturated heterocycles. The number of hydrogen-bond donors (Lipinski definition) is 1. The first-order chi connectivity index (χ1) is 13.2. The van der Waals surface area contributed by atoms with Crippen molar-refractivity contribution < 1.29 is 9.21 Å². The lowest BCUT2D eigenvalue weighted by atomic mass is 10.2. The van der Waals surface area contributed by atoms with Crippen molar-refractivity contribution in [1.29, 1.82) is 0 Å². The van der Waals surface area contributed by atoms with Gasteiger partial charge in [-0.15, -0.1) is 10.2 Å². The lowest BCUT2D eigenvalue weighted by molar-refractivity contribution is -0.119. The van der Waals surface area contributed by atoms with Gasteiger partial charge in [0.05, 0.1) is 12.0 Å². The summed E-state index contributed by atoms with van der Waals surface area (Å²) in [7, 11) is 0. The number of rotatable bonds is 6. The summed E-state index contributed by atoms with van der Waals surface area (Å²) in [5, 5.41) is 12.4. The molecule has 6 nitrogen and oxygen atoms in total. The van der Waals surface area contributed by atoms with Crippen molar-refractivity contribution in [2.24, 2.45) is 0 Å². The molecular formula is C20H22N4O2S. The first kappa shape index (κ1) is 17.9. The van der Waals surface area contributed by atoms with E-state index in [1.165, 1.54) is 30.2 Å². The molecule has 7 heteroatoms. The molecule has 0 bridgehead atoms. The summed E-state index contributed by atoms with van der Waals surface area (Å²) < 4.78 is 7.46. The van der Waals surface area contributed by atoms with Crippen LogP contribution in [0.2, 0.25) is 0 Å². The van der Waals surface area contributed by atoms with Crippen molar-refractivity contribution >= 4 is 17.7 Å². The number of benzene rings is 1. The summed E-state index contributed by atoms with van der Waals surface area (Å²) >= 11 is 1.39. The predicted molar refractivity (Wildman–Crippen MR) is 105 cm³/mol. The smallest absolute Gasteiger partial charge is 0.230 e. The van der Waals surface area contributed by atoms with Crippen LogP contribution in [0.5, 0.6) is 0 Å². The van der Waals surface area contributed by atoms with Gasteiger partial charge >= 0.3 is 0 Å².